The maximum Gasteiger partial charge on any atom is 0.262 e. The summed E-state index contributed by atoms with van der Waals surface area (Å²) in [5.41, 5.74) is 2.12. The van der Waals surface area contributed by atoms with E-state index in [1.165, 1.54) is 11.3 Å². The molecule has 168 valence electrons. The summed E-state index contributed by atoms with van der Waals surface area (Å²) in [4.78, 5) is 37.9. The van der Waals surface area contributed by atoms with Crippen molar-refractivity contribution >= 4 is 33.1 Å². The molecule has 0 unspecified atom stereocenters. The first-order valence-corrected chi connectivity index (χ1v) is 11.7. The number of amides is 1. The summed E-state index contributed by atoms with van der Waals surface area (Å²) < 4.78 is 7.22. The van der Waals surface area contributed by atoms with E-state index in [2.05, 4.69) is 20.9 Å². The number of carbonyl (C=O) groups excluding carboxylic acids is 1. The van der Waals surface area contributed by atoms with Crippen molar-refractivity contribution in [2.75, 3.05) is 44.7 Å². The van der Waals surface area contributed by atoms with E-state index in [0.29, 0.717) is 25.0 Å². The number of carbonyl (C=O) groups is 1. The van der Waals surface area contributed by atoms with Gasteiger partial charge in [0.2, 0.25) is 5.91 Å². The van der Waals surface area contributed by atoms with Crippen LogP contribution in [0, 0.1) is 0 Å². The van der Waals surface area contributed by atoms with Gasteiger partial charge >= 0.3 is 0 Å². The number of ether oxygens (including phenoxy) is 1. The van der Waals surface area contributed by atoms with E-state index in [-0.39, 0.29) is 11.5 Å². The number of methoxy groups -OCH3 is 1. The van der Waals surface area contributed by atoms with Crippen LogP contribution in [0.5, 0.6) is 5.75 Å². The van der Waals surface area contributed by atoms with Crippen molar-refractivity contribution in [3.8, 4) is 5.75 Å². The molecule has 32 heavy (non-hydrogen) atoms. The highest BCUT2D eigenvalue weighted by Crippen LogP contribution is 2.34. The third-order valence-electron chi connectivity index (χ3n) is 6.45. The Kier molecular flexibility index (Phi) is 5.60. The molecule has 1 aromatic carbocycles. The van der Waals surface area contributed by atoms with Crippen LogP contribution in [-0.2, 0) is 24.4 Å². The van der Waals surface area contributed by atoms with Gasteiger partial charge in [0.25, 0.3) is 5.56 Å². The van der Waals surface area contributed by atoms with Crippen LogP contribution in [-0.4, -0.2) is 65.1 Å². The second-order valence-electron chi connectivity index (χ2n) is 8.30. The molecule has 2 aromatic heterocycles. The summed E-state index contributed by atoms with van der Waals surface area (Å²) >= 11 is 1.53. The zero-order chi connectivity index (χ0) is 22.2. The molecule has 0 radical (unpaired) electrons. The van der Waals surface area contributed by atoms with Gasteiger partial charge in [0.1, 0.15) is 10.6 Å². The minimum atomic E-state index is 0.00515. The first-order valence-electron chi connectivity index (χ1n) is 10.9. The maximum absolute atomic E-state index is 13.2. The highest BCUT2D eigenvalue weighted by molar-refractivity contribution is 7.18. The second-order valence-corrected chi connectivity index (χ2v) is 9.39. The number of nitrogens with zero attached hydrogens (tertiary/aromatic N) is 5. The van der Waals surface area contributed by atoms with E-state index in [1.54, 1.807) is 29.8 Å². The normalized spacial score (nSPS) is 16.6. The van der Waals surface area contributed by atoms with Crippen LogP contribution < -0.4 is 15.2 Å². The van der Waals surface area contributed by atoms with Gasteiger partial charge in [-0.2, -0.15) is 0 Å². The Labute approximate surface area is 190 Å². The largest absolute Gasteiger partial charge is 0.495 e. The van der Waals surface area contributed by atoms with Crippen LogP contribution in [0.3, 0.4) is 0 Å². The summed E-state index contributed by atoms with van der Waals surface area (Å²) in [7, 11) is 1.71. The highest BCUT2D eigenvalue weighted by Gasteiger charge is 2.28. The predicted molar refractivity (Wildman–Crippen MR) is 125 cm³/mol. The molecule has 0 N–H and O–H groups in total. The molecule has 1 saturated heterocycles. The Hall–Kier alpha value is -2.91. The Bertz CT molecular complexity index is 1210. The number of rotatable bonds is 5. The molecule has 2 aliphatic rings. The number of thiophene rings is 1. The van der Waals surface area contributed by atoms with Crippen LogP contribution in [0.2, 0.25) is 0 Å². The van der Waals surface area contributed by atoms with Crippen molar-refractivity contribution in [1.82, 2.24) is 19.4 Å². The molecule has 0 spiro atoms. The SMILES string of the molecule is COc1ccccc1N1CCN(CCn2cnc3sc4c(c3c2=O)CN(C(C)=O)C4)CC1. The number of fused-ring (bicyclic) bond motifs is 3. The summed E-state index contributed by atoms with van der Waals surface area (Å²) in [5.74, 6) is 0.941. The summed E-state index contributed by atoms with van der Waals surface area (Å²) in [6, 6.07) is 8.12. The summed E-state index contributed by atoms with van der Waals surface area (Å²) in [6.07, 6.45) is 1.67. The van der Waals surface area contributed by atoms with Gasteiger partial charge in [0, 0.05) is 63.2 Å². The van der Waals surface area contributed by atoms with E-state index in [4.69, 9.17) is 4.74 Å². The molecule has 0 bridgehead atoms. The molecule has 9 heteroatoms. The Balaban J connectivity index is 1.25. The monoisotopic (exact) mass is 453 g/mol. The molecule has 8 nitrogen and oxygen atoms in total. The van der Waals surface area contributed by atoms with Crippen molar-refractivity contribution < 1.29 is 9.53 Å². The molecular weight excluding hydrogens is 426 g/mol. The molecule has 2 aliphatic heterocycles. The Morgan fingerprint density at radius 3 is 2.66 bits per heavy atom. The van der Waals surface area contributed by atoms with Gasteiger partial charge in [-0.1, -0.05) is 12.1 Å². The lowest BCUT2D eigenvalue weighted by Gasteiger charge is -2.36. The molecule has 0 atom stereocenters. The standard InChI is InChI=1S/C23H27N5O3S/c1-16(29)28-13-17-20(14-28)32-22-21(17)23(30)27(15-24-22)12-9-25-7-10-26(11-8-25)18-5-3-4-6-19(18)31-2/h3-6,15H,7-14H2,1-2H3. The topological polar surface area (TPSA) is 70.9 Å². The summed E-state index contributed by atoms with van der Waals surface area (Å²) in [5, 5.41) is 0.692. The molecule has 1 amide bonds. The first kappa shape index (κ1) is 21.0. The van der Waals surface area contributed by atoms with Gasteiger partial charge in [-0.25, -0.2) is 4.98 Å². The minimum Gasteiger partial charge on any atom is -0.495 e. The number of hydrogen-bond donors (Lipinski definition) is 0. The molecule has 0 saturated carbocycles. The van der Waals surface area contributed by atoms with Gasteiger partial charge in [0.05, 0.1) is 31.1 Å². The lowest BCUT2D eigenvalue weighted by Crippen LogP contribution is -2.47. The first-order chi connectivity index (χ1) is 15.5. The fourth-order valence-corrected chi connectivity index (χ4v) is 5.73. The molecule has 3 aromatic rings. The Morgan fingerprint density at radius 1 is 1.12 bits per heavy atom. The van der Waals surface area contributed by atoms with Crippen LogP contribution in [0.1, 0.15) is 17.4 Å². The van der Waals surface area contributed by atoms with Gasteiger partial charge in [-0.3, -0.25) is 19.1 Å². The van der Waals surface area contributed by atoms with Crippen molar-refractivity contribution in [3.05, 3.63) is 51.4 Å². The second kappa shape index (κ2) is 8.55. The van der Waals surface area contributed by atoms with Gasteiger partial charge in [0.15, 0.2) is 0 Å². The zero-order valence-electron chi connectivity index (χ0n) is 18.4. The Morgan fingerprint density at radius 2 is 1.91 bits per heavy atom. The fourth-order valence-electron chi connectivity index (χ4n) is 4.58. The maximum atomic E-state index is 13.2. The van der Waals surface area contributed by atoms with Crippen LogP contribution in [0.25, 0.3) is 10.2 Å². The lowest BCUT2D eigenvalue weighted by molar-refractivity contribution is -0.129. The quantitative estimate of drug-likeness (QED) is 0.590. The van der Waals surface area contributed by atoms with Gasteiger partial charge in [-0.15, -0.1) is 11.3 Å². The number of anilines is 1. The summed E-state index contributed by atoms with van der Waals surface area (Å²) in [6.45, 7) is 7.79. The zero-order valence-corrected chi connectivity index (χ0v) is 19.2. The fraction of sp³-hybridized carbons (Fsp3) is 0.435. The van der Waals surface area contributed by atoms with E-state index >= 15 is 0 Å². The predicted octanol–water partition coefficient (Wildman–Crippen LogP) is 2.15. The van der Waals surface area contributed by atoms with Crippen molar-refractivity contribution in [1.29, 1.82) is 0 Å². The molecular formula is C23H27N5O3S. The molecule has 4 heterocycles. The average molecular weight is 454 g/mol. The van der Waals surface area contributed by atoms with Crippen LogP contribution in [0.4, 0.5) is 5.69 Å². The minimum absolute atomic E-state index is 0.00515. The van der Waals surface area contributed by atoms with E-state index in [0.717, 1.165) is 59.4 Å². The number of para-hydroxylation sites is 2. The lowest BCUT2D eigenvalue weighted by atomic mass is 10.2. The van der Waals surface area contributed by atoms with Crippen LogP contribution >= 0.6 is 11.3 Å². The number of piperazine rings is 1. The van der Waals surface area contributed by atoms with Crippen molar-refractivity contribution in [2.24, 2.45) is 0 Å². The van der Waals surface area contributed by atoms with Gasteiger partial charge in [-0.05, 0) is 12.1 Å². The number of benzene rings is 1. The average Bonchev–Trinajstić information content (AvgIpc) is 3.37. The van der Waals surface area contributed by atoms with E-state index < -0.39 is 0 Å². The highest BCUT2D eigenvalue weighted by atomic mass is 32.1. The van der Waals surface area contributed by atoms with Gasteiger partial charge < -0.3 is 14.5 Å². The third-order valence-corrected chi connectivity index (χ3v) is 7.57. The number of aromatic nitrogens is 2. The van der Waals surface area contributed by atoms with E-state index in [9.17, 15) is 9.59 Å². The third kappa shape index (κ3) is 3.75. The molecule has 0 aliphatic carbocycles. The molecule has 5 rings (SSSR count). The van der Waals surface area contributed by atoms with Crippen molar-refractivity contribution in [3.63, 3.8) is 0 Å². The smallest absolute Gasteiger partial charge is 0.262 e. The number of hydrogen-bond acceptors (Lipinski definition) is 7. The van der Waals surface area contributed by atoms with Crippen molar-refractivity contribution in [2.45, 2.75) is 26.6 Å². The van der Waals surface area contributed by atoms with Crippen LogP contribution in [0.15, 0.2) is 35.4 Å². The molecule has 1 fully saturated rings. The van der Waals surface area contributed by atoms with E-state index in [1.807, 2.05) is 18.2 Å².